The maximum absolute atomic E-state index is 12.9. The fourth-order valence-electron chi connectivity index (χ4n) is 3.81. The normalized spacial score (nSPS) is 22.6. The van der Waals surface area contributed by atoms with Crippen LogP contribution in [0.1, 0.15) is 35.6 Å². The highest BCUT2D eigenvalue weighted by Crippen LogP contribution is 2.44. The average molecular weight is 415 g/mol. The van der Waals surface area contributed by atoms with Gasteiger partial charge in [0.25, 0.3) is 0 Å². The van der Waals surface area contributed by atoms with E-state index in [4.69, 9.17) is 4.74 Å². The zero-order valence-corrected chi connectivity index (χ0v) is 15.5. The maximum atomic E-state index is 12.9. The summed E-state index contributed by atoms with van der Waals surface area (Å²) in [5, 5.41) is 14.1. The van der Waals surface area contributed by atoms with E-state index in [1.807, 2.05) is 5.32 Å². The van der Waals surface area contributed by atoms with Crippen LogP contribution in [0.25, 0.3) is 0 Å². The number of alkyl halides is 3. The van der Waals surface area contributed by atoms with E-state index in [-0.39, 0.29) is 18.4 Å². The Morgan fingerprint density at radius 3 is 2.57 bits per heavy atom. The van der Waals surface area contributed by atoms with Crippen LogP contribution in [0.2, 0.25) is 0 Å². The Hall–Kier alpha value is -3.54. The van der Waals surface area contributed by atoms with Gasteiger partial charge in [-0.2, -0.15) is 18.4 Å². The molecule has 0 radical (unpaired) electrons. The van der Waals surface area contributed by atoms with Crippen LogP contribution in [0.5, 0.6) is 11.5 Å². The average Bonchev–Trinajstić information content (AvgIpc) is 2.72. The Morgan fingerprint density at radius 1 is 1.13 bits per heavy atom. The second-order valence-electron chi connectivity index (χ2n) is 7.14. The summed E-state index contributed by atoms with van der Waals surface area (Å²) in [6, 6.07) is 11.1. The molecule has 0 saturated carbocycles. The number of nitriles is 1. The van der Waals surface area contributed by atoms with E-state index in [0.717, 1.165) is 0 Å². The molecule has 154 valence electrons. The van der Waals surface area contributed by atoms with Gasteiger partial charge in [0.05, 0.1) is 17.7 Å². The van der Waals surface area contributed by atoms with Crippen molar-refractivity contribution in [2.45, 2.75) is 31.1 Å². The highest BCUT2D eigenvalue weighted by Gasteiger charge is 2.46. The lowest BCUT2D eigenvalue weighted by atomic mass is 9.89. The van der Waals surface area contributed by atoms with Gasteiger partial charge in [0.1, 0.15) is 23.5 Å². The summed E-state index contributed by atoms with van der Waals surface area (Å²) >= 11 is 0. The van der Waals surface area contributed by atoms with Crippen molar-refractivity contribution >= 4 is 11.8 Å². The predicted molar refractivity (Wildman–Crippen MR) is 98.4 cm³/mol. The fraction of sp³-hybridized carbons (Fsp3) is 0.286. The molecule has 0 aromatic heterocycles. The third kappa shape index (κ3) is 3.45. The number of carbonyl (C=O) groups excluding carboxylic acids is 2. The van der Waals surface area contributed by atoms with E-state index in [1.165, 1.54) is 0 Å². The first-order chi connectivity index (χ1) is 14.3. The number of halogens is 3. The number of nitrogens with one attached hydrogen (secondary N) is 2. The molecule has 9 heteroatoms. The van der Waals surface area contributed by atoms with E-state index >= 15 is 0 Å². The van der Waals surface area contributed by atoms with Gasteiger partial charge < -0.3 is 15.4 Å². The Labute approximate surface area is 169 Å². The molecule has 6 nitrogen and oxygen atoms in total. The molecular weight excluding hydrogens is 399 g/mol. The number of amides is 2. The van der Waals surface area contributed by atoms with Crippen molar-refractivity contribution in [3.63, 3.8) is 0 Å². The molecule has 3 unspecified atom stereocenters. The van der Waals surface area contributed by atoms with Crippen LogP contribution in [0.3, 0.4) is 0 Å². The molecule has 30 heavy (non-hydrogen) atoms. The molecule has 2 heterocycles. The highest BCUT2D eigenvalue weighted by atomic mass is 19.4. The Balaban J connectivity index is 1.63. The molecule has 2 N–H and O–H groups in total. The number of carbonyl (C=O) groups is 2. The van der Waals surface area contributed by atoms with Crippen molar-refractivity contribution in [3.8, 4) is 17.6 Å². The van der Waals surface area contributed by atoms with Gasteiger partial charge in [-0.25, -0.2) is 0 Å². The van der Waals surface area contributed by atoms with Crippen LogP contribution in [0.15, 0.2) is 42.5 Å². The molecule has 1 saturated heterocycles. The minimum atomic E-state index is -4.56. The number of para-hydroxylation sites is 1. The Bertz CT molecular complexity index is 1060. The van der Waals surface area contributed by atoms with Gasteiger partial charge in [0.2, 0.25) is 11.8 Å². The number of fused-ring (bicyclic) bond motifs is 2. The summed E-state index contributed by atoms with van der Waals surface area (Å²) in [6.45, 7) is 0. The molecule has 0 spiro atoms. The van der Waals surface area contributed by atoms with Gasteiger partial charge in [0, 0.05) is 11.1 Å². The molecule has 2 aromatic rings. The lowest BCUT2D eigenvalue weighted by Crippen LogP contribution is -2.54. The minimum Gasteiger partial charge on any atom is -0.457 e. The third-order valence-corrected chi connectivity index (χ3v) is 5.30. The van der Waals surface area contributed by atoms with Crippen molar-refractivity contribution in [2.75, 3.05) is 0 Å². The maximum Gasteiger partial charge on any atom is 0.408 e. The topological polar surface area (TPSA) is 91.2 Å². The van der Waals surface area contributed by atoms with E-state index in [2.05, 4.69) is 11.4 Å². The molecular formula is C21H16F3N3O3. The number of piperidine rings is 1. The first-order valence-corrected chi connectivity index (χ1v) is 9.27. The van der Waals surface area contributed by atoms with Gasteiger partial charge in [-0.05, 0) is 31.0 Å². The van der Waals surface area contributed by atoms with Crippen molar-refractivity contribution in [3.05, 3.63) is 59.2 Å². The minimum absolute atomic E-state index is 0.223. The van der Waals surface area contributed by atoms with Crippen LogP contribution in [-0.4, -0.2) is 24.0 Å². The summed E-state index contributed by atoms with van der Waals surface area (Å²) in [7, 11) is 0. The first kappa shape index (κ1) is 19.8. The van der Waals surface area contributed by atoms with Gasteiger partial charge in [-0.3, -0.25) is 9.59 Å². The van der Waals surface area contributed by atoms with Crippen LogP contribution >= 0.6 is 0 Å². The summed E-state index contributed by atoms with van der Waals surface area (Å²) in [5.41, 5.74) is 1.32. The number of nitrogens with zero attached hydrogens (tertiary/aromatic N) is 1. The quantitative estimate of drug-likeness (QED) is 0.737. The van der Waals surface area contributed by atoms with Crippen LogP contribution in [0.4, 0.5) is 13.2 Å². The zero-order valence-electron chi connectivity index (χ0n) is 15.5. The zero-order chi connectivity index (χ0) is 21.5. The summed E-state index contributed by atoms with van der Waals surface area (Å²) in [6.07, 6.45) is -5.16. The number of benzene rings is 2. The van der Waals surface area contributed by atoms with E-state index < -0.39 is 36.0 Å². The second-order valence-corrected chi connectivity index (χ2v) is 7.14. The Morgan fingerprint density at radius 2 is 1.87 bits per heavy atom. The van der Waals surface area contributed by atoms with Crippen LogP contribution in [0, 0.1) is 17.2 Å². The molecule has 2 aromatic carbocycles. The molecule has 0 aliphatic carbocycles. The molecule has 1 fully saturated rings. The number of rotatable bonds is 2. The number of ether oxygens (including phenoxy) is 1. The van der Waals surface area contributed by atoms with E-state index in [0.29, 0.717) is 22.6 Å². The molecule has 0 bridgehead atoms. The number of hydrogen-bond donors (Lipinski definition) is 2. The van der Waals surface area contributed by atoms with Crippen molar-refractivity contribution < 1.29 is 27.5 Å². The SMILES string of the molecule is N#Cc1cccc2c1C(NC(=O)C1CCC(C(F)(F)F)NC1=O)c1ccccc1O2. The monoisotopic (exact) mass is 415 g/mol. The standard InChI is InChI=1S/C21H16F3N3O3/c22-21(23,24)16-9-8-13(19(28)26-16)20(29)27-18-12-5-1-2-6-14(12)30-15-7-3-4-11(10-25)17(15)18/h1-7,13,16,18H,8-9H2,(H,26,28)(H,27,29). The number of hydrogen-bond acceptors (Lipinski definition) is 4. The molecule has 2 aliphatic heterocycles. The third-order valence-electron chi connectivity index (χ3n) is 5.30. The second kappa shape index (κ2) is 7.37. The lowest BCUT2D eigenvalue weighted by Gasteiger charge is -2.33. The molecule has 3 atom stereocenters. The predicted octanol–water partition coefficient (Wildman–Crippen LogP) is 3.33. The van der Waals surface area contributed by atoms with Gasteiger partial charge in [0.15, 0.2) is 0 Å². The lowest BCUT2D eigenvalue weighted by molar-refractivity contribution is -0.171. The van der Waals surface area contributed by atoms with Crippen molar-refractivity contribution in [1.82, 2.24) is 10.6 Å². The highest BCUT2D eigenvalue weighted by molar-refractivity contribution is 6.01. The summed E-state index contributed by atoms with van der Waals surface area (Å²) in [4.78, 5) is 25.1. The van der Waals surface area contributed by atoms with E-state index in [1.54, 1.807) is 42.5 Å². The molecule has 2 amide bonds. The largest absolute Gasteiger partial charge is 0.457 e. The van der Waals surface area contributed by atoms with Crippen LogP contribution in [-0.2, 0) is 9.59 Å². The smallest absolute Gasteiger partial charge is 0.408 e. The van der Waals surface area contributed by atoms with Crippen molar-refractivity contribution in [2.24, 2.45) is 5.92 Å². The van der Waals surface area contributed by atoms with E-state index in [9.17, 15) is 28.0 Å². The van der Waals surface area contributed by atoms with Crippen LogP contribution < -0.4 is 15.4 Å². The first-order valence-electron chi connectivity index (χ1n) is 9.27. The van der Waals surface area contributed by atoms with Crippen molar-refractivity contribution in [1.29, 1.82) is 5.26 Å². The van der Waals surface area contributed by atoms with Gasteiger partial charge in [-0.15, -0.1) is 0 Å². The summed E-state index contributed by atoms with van der Waals surface area (Å²) < 4.78 is 44.5. The molecule has 4 rings (SSSR count). The fourth-order valence-corrected chi connectivity index (χ4v) is 3.81. The summed E-state index contributed by atoms with van der Waals surface area (Å²) in [5.74, 6) is -2.04. The van der Waals surface area contributed by atoms with Gasteiger partial charge >= 0.3 is 6.18 Å². The van der Waals surface area contributed by atoms with Gasteiger partial charge in [-0.1, -0.05) is 24.3 Å². The Kier molecular flexibility index (Phi) is 4.86. The molecule has 2 aliphatic rings.